The average Bonchev–Trinajstić information content (AvgIpc) is 2.91. The second-order valence-electron chi connectivity index (χ2n) is 6.73. The lowest BCUT2D eigenvalue weighted by molar-refractivity contribution is -0.150. The van der Waals surface area contributed by atoms with Crippen LogP contribution in [0.15, 0.2) is 36.0 Å². The predicted octanol–water partition coefficient (Wildman–Crippen LogP) is 2.68. The van der Waals surface area contributed by atoms with Gasteiger partial charge < -0.3 is 9.84 Å². The molecule has 0 heterocycles. The first kappa shape index (κ1) is 17.2. The quantitative estimate of drug-likeness (QED) is 0.462. The molecule has 0 radical (unpaired) electrons. The second-order valence-corrected chi connectivity index (χ2v) is 6.73. The number of carboxylic acids is 1. The maximum absolute atomic E-state index is 12.4. The van der Waals surface area contributed by atoms with Crippen LogP contribution >= 0.6 is 0 Å². The van der Waals surface area contributed by atoms with E-state index in [0.29, 0.717) is 12.0 Å². The Labute approximate surface area is 135 Å². The Morgan fingerprint density at radius 2 is 2.09 bits per heavy atom. The van der Waals surface area contributed by atoms with Crippen molar-refractivity contribution in [2.75, 3.05) is 0 Å². The third-order valence-electron chi connectivity index (χ3n) is 4.88. The van der Waals surface area contributed by atoms with E-state index in [2.05, 4.69) is 6.58 Å². The topological polar surface area (TPSA) is 80.7 Å². The molecule has 0 saturated heterocycles. The highest BCUT2D eigenvalue weighted by atomic mass is 16.5. The number of aliphatic carboxylic acids is 1. The summed E-state index contributed by atoms with van der Waals surface area (Å²) in [6, 6.07) is 0. The predicted molar refractivity (Wildman–Crippen MR) is 84.6 cm³/mol. The van der Waals surface area contributed by atoms with Crippen molar-refractivity contribution in [1.82, 2.24) is 0 Å². The van der Waals surface area contributed by atoms with Gasteiger partial charge in [0.1, 0.15) is 6.10 Å². The number of ketones is 1. The number of carbonyl (C=O) groups excluding carboxylic acids is 2. The Morgan fingerprint density at radius 1 is 1.43 bits per heavy atom. The molecule has 1 N–H and O–H groups in total. The van der Waals surface area contributed by atoms with Gasteiger partial charge in [0.05, 0.1) is 12.3 Å². The molecule has 23 heavy (non-hydrogen) atoms. The molecule has 5 nitrogen and oxygen atoms in total. The minimum atomic E-state index is -1.03. The highest BCUT2D eigenvalue weighted by molar-refractivity contribution is 6.00. The van der Waals surface area contributed by atoms with Gasteiger partial charge in [0.15, 0.2) is 5.78 Å². The third kappa shape index (κ3) is 3.28. The standard InChI is InChI=1S/C18H22O5/c1-5-6-11-10(2)14(9-13(11)19)23-17(22)16-12(18(16,3)4)7-8-15(20)21/h5,7-8,12,14,16H,1,6,9H2,2-4H3,(H,20,21)/t12-,14?,16-/m0/s1. The van der Waals surface area contributed by atoms with E-state index >= 15 is 0 Å². The van der Waals surface area contributed by atoms with E-state index in [9.17, 15) is 14.4 Å². The summed E-state index contributed by atoms with van der Waals surface area (Å²) in [5.41, 5.74) is 1.14. The fourth-order valence-corrected chi connectivity index (χ4v) is 3.29. The van der Waals surface area contributed by atoms with E-state index in [4.69, 9.17) is 9.84 Å². The molecule has 0 spiro atoms. The SMILES string of the molecule is C=CCC1=C(C)C(OC(=O)[C@@H]2[C@H](C=CC(=O)O)C2(C)C)CC1=O. The van der Waals surface area contributed by atoms with E-state index in [1.54, 1.807) is 12.2 Å². The number of carbonyl (C=O) groups is 3. The van der Waals surface area contributed by atoms with Crippen LogP contribution in [-0.4, -0.2) is 28.9 Å². The maximum atomic E-state index is 12.4. The fourth-order valence-electron chi connectivity index (χ4n) is 3.29. The van der Waals surface area contributed by atoms with Crippen LogP contribution in [0.3, 0.4) is 0 Å². The van der Waals surface area contributed by atoms with Crippen LogP contribution < -0.4 is 0 Å². The molecule has 2 aliphatic rings. The minimum Gasteiger partial charge on any atom is -0.478 e. The van der Waals surface area contributed by atoms with Gasteiger partial charge in [-0.1, -0.05) is 26.0 Å². The Morgan fingerprint density at radius 3 is 2.65 bits per heavy atom. The van der Waals surface area contributed by atoms with Crippen molar-refractivity contribution >= 4 is 17.7 Å². The van der Waals surface area contributed by atoms with Crippen molar-refractivity contribution in [3.05, 3.63) is 36.0 Å². The van der Waals surface area contributed by atoms with Crippen molar-refractivity contribution in [2.24, 2.45) is 17.3 Å². The summed E-state index contributed by atoms with van der Waals surface area (Å²) in [4.78, 5) is 35.0. The zero-order valence-corrected chi connectivity index (χ0v) is 13.7. The lowest BCUT2D eigenvalue weighted by Gasteiger charge is -2.13. The first-order chi connectivity index (χ1) is 10.7. The highest BCUT2D eigenvalue weighted by Crippen LogP contribution is 2.59. The maximum Gasteiger partial charge on any atom is 0.327 e. The van der Waals surface area contributed by atoms with E-state index in [1.165, 1.54) is 0 Å². The Bertz CT molecular complexity index is 623. The summed E-state index contributed by atoms with van der Waals surface area (Å²) < 4.78 is 5.53. The number of ether oxygens (including phenoxy) is 1. The van der Waals surface area contributed by atoms with Crippen LogP contribution in [0.4, 0.5) is 0 Å². The van der Waals surface area contributed by atoms with Crippen molar-refractivity contribution in [3.8, 4) is 0 Å². The normalized spacial score (nSPS) is 29.0. The molecule has 2 aliphatic carbocycles. The van der Waals surface area contributed by atoms with Crippen molar-refractivity contribution in [2.45, 2.75) is 39.7 Å². The zero-order chi connectivity index (χ0) is 17.4. The number of hydrogen-bond donors (Lipinski definition) is 1. The van der Waals surface area contributed by atoms with Gasteiger partial charge in [-0.25, -0.2) is 4.79 Å². The Balaban J connectivity index is 2.05. The van der Waals surface area contributed by atoms with Crippen molar-refractivity contribution in [1.29, 1.82) is 0 Å². The molecule has 124 valence electrons. The highest BCUT2D eigenvalue weighted by Gasteiger charge is 2.61. The lowest BCUT2D eigenvalue weighted by atomic mass is 10.1. The van der Waals surface area contributed by atoms with E-state index in [0.717, 1.165) is 11.6 Å². The van der Waals surface area contributed by atoms with Gasteiger partial charge in [-0.15, -0.1) is 6.58 Å². The molecule has 0 amide bonds. The minimum absolute atomic E-state index is 0.00224. The van der Waals surface area contributed by atoms with Crippen LogP contribution in [0.1, 0.15) is 33.6 Å². The number of allylic oxidation sites excluding steroid dienone is 3. The van der Waals surface area contributed by atoms with E-state index in [1.807, 2.05) is 20.8 Å². The van der Waals surface area contributed by atoms with E-state index in [-0.39, 0.29) is 35.4 Å². The van der Waals surface area contributed by atoms with Crippen LogP contribution in [0.2, 0.25) is 0 Å². The van der Waals surface area contributed by atoms with Crippen molar-refractivity contribution in [3.63, 3.8) is 0 Å². The second kappa shape index (κ2) is 6.14. The fraction of sp³-hybridized carbons (Fsp3) is 0.500. The molecular formula is C18H22O5. The molecule has 0 aromatic carbocycles. The Kier molecular flexibility index (Phi) is 4.59. The number of rotatable bonds is 6. The van der Waals surface area contributed by atoms with Gasteiger partial charge in [-0.3, -0.25) is 9.59 Å². The summed E-state index contributed by atoms with van der Waals surface area (Å²) >= 11 is 0. The molecule has 0 bridgehead atoms. The van der Waals surface area contributed by atoms with E-state index < -0.39 is 12.1 Å². The average molecular weight is 318 g/mol. The smallest absolute Gasteiger partial charge is 0.327 e. The number of Topliss-reactive ketones (excluding diaryl/α,β-unsaturated/α-hetero) is 1. The molecular weight excluding hydrogens is 296 g/mol. The van der Waals surface area contributed by atoms with Crippen LogP contribution in [0, 0.1) is 17.3 Å². The molecule has 1 unspecified atom stereocenters. The monoisotopic (exact) mass is 318 g/mol. The molecule has 3 atom stereocenters. The Hall–Kier alpha value is -2.17. The van der Waals surface area contributed by atoms with Crippen molar-refractivity contribution < 1.29 is 24.2 Å². The van der Waals surface area contributed by atoms with Gasteiger partial charge in [-0.2, -0.15) is 0 Å². The summed E-state index contributed by atoms with van der Waals surface area (Å²) in [5, 5.41) is 8.70. The number of hydrogen-bond acceptors (Lipinski definition) is 4. The largest absolute Gasteiger partial charge is 0.478 e. The summed E-state index contributed by atoms with van der Waals surface area (Å²) in [7, 11) is 0. The molecule has 1 fully saturated rings. The van der Waals surface area contributed by atoms with Gasteiger partial charge in [-0.05, 0) is 30.3 Å². The van der Waals surface area contributed by atoms with Crippen LogP contribution in [0.25, 0.3) is 0 Å². The lowest BCUT2D eigenvalue weighted by Crippen LogP contribution is -2.20. The zero-order valence-electron chi connectivity index (χ0n) is 13.7. The van der Waals surface area contributed by atoms with Crippen LogP contribution in [-0.2, 0) is 19.1 Å². The first-order valence-corrected chi connectivity index (χ1v) is 7.65. The molecule has 1 saturated carbocycles. The van der Waals surface area contributed by atoms with Gasteiger partial charge in [0, 0.05) is 11.6 Å². The molecule has 0 aromatic rings. The summed E-state index contributed by atoms with van der Waals surface area (Å²) in [6.45, 7) is 9.25. The molecule has 0 aromatic heterocycles. The number of esters is 1. The number of carboxylic acid groups (broad SMARTS) is 1. The van der Waals surface area contributed by atoms with Gasteiger partial charge in [0.2, 0.25) is 0 Å². The molecule has 0 aliphatic heterocycles. The van der Waals surface area contributed by atoms with Crippen LogP contribution in [0.5, 0.6) is 0 Å². The summed E-state index contributed by atoms with van der Waals surface area (Å²) in [6.07, 6.45) is 4.43. The van der Waals surface area contributed by atoms with Gasteiger partial charge in [0.25, 0.3) is 0 Å². The third-order valence-corrected chi connectivity index (χ3v) is 4.88. The van der Waals surface area contributed by atoms with Gasteiger partial charge >= 0.3 is 11.9 Å². The summed E-state index contributed by atoms with van der Waals surface area (Å²) in [5.74, 6) is -1.93. The molecule has 5 heteroatoms. The molecule has 2 rings (SSSR count). The first-order valence-electron chi connectivity index (χ1n) is 7.65.